The van der Waals surface area contributed by atoms with Gasteiger partial charge in [0.15, 0.2) is 0 Å². The van der Waals surface area contributed by atoms with Crippen LogP contribution in [0.25, 0.3) is 0 Å². The number of halogens is 1. The van der Waals surface area contributed by atoms with Crippen molar-refractivity contribution in [1.82, 2.24) is 0 Å². The zero-order valence-corrected chi connectivity index (χ0v) is 14.6. The molecule has 0 amide bonds. The van der Waals surface area contributed by atoms with Crippen molar-refractivity contribution in [2.75, 3.05) is 11.3 Å². The summed E-state index contributed by atoms with van der Waals surface area (Å²) < 4.78 is 46.5. The number of carboxylic acids is 1. The fraction of sp³-hybridized carbons (Fsp3) is 0.278. The van der Waals surface area contributed by atoms with E-state index in [0.717, 1.165) is 30.2 Å². The molecule has 136 valence electrons. The van der Waals surface area contributed by atoms with Gasteiger partial charge in [-0.15, -0.1) is 0 Å². The highest BCUT2D eigenvalue weighted by Crippen LogP contribution is 2.55. The van der Waals surface area contributed by atoms with Gasteiger partial charge in [0.25, 0.3) is 10.0 Å². The molecule has 2 N–H and O–H groups in total. The third-order valence-electron chi connectivity index (χ3n) is 4.84. The number of benzene rings is 2. The predicted octanol–water partition coefficient (Wildman–Crippen LogP) is 3.13. The average molecular weight is 377 g/mol. The van der Waals surface area contributed by atoms with Crippen LogP contribution in [0.1, 0.15) is 33.8 Å². The van der Waals surface area contributed by atoms with Gasteiger partial charge >= 0.3 is 5.97 Å². The van der Waals surface area contributed by atoms with Crippen LogP contribution in [-0.2, 0) is 10.0 Å². The second-order valence-corrected chi connectivity index (χ2v) is 8.29. The molecule has 1 heterocycles. The van der Waals surface area contributed by atoms with Gasteiger partial charge in [-0.25, -0.2) is 17.6 Å². The zero-order chi connectivity index (χ0) is 18.6. The maximum atomic E-state index is 13.3. The minimum Gasteiger partial charge on any atom is -0.492 e. The van der Waals surface area contributed by atoms with E-state index < -0.39 is 21.8 Å². The van der Waals surface area contributed by atoms with Crippen molar-refractivity contribution in [3.63, 3.8) is 0 Å². The number of hydrogen-bond donors (Lipinski definition) is 2. The minimum atomic E-state index is -4.08. The number of ether oxygens (including phenoxy) is 1. The second-order valence-electron chi connectivity index (χ2n) is 6.64. The Bertz CT molecular complexity index is 1030. The van der Waals surface area contributed by atoms with Gasteiger partial charge in [-0.2, -0.15) is 0 Å². The van der Waals surface area contributed by atoms with Gasteiger partial charge in [0.05, 0.1) is 17.2 Å². The van der Waals surface area contributed by atoms with E-state index in [2.05, 4.69) is 4.72 Å². The average Bonchev–Trinajstić information content (AvgIpc) is 3.33. The van der Waals surface area contributed by atoms with E-state index in [1.165, 1.54) is 13.0 Å². The summed E-state index contributed by atoms with van der Waals surface area (Å²) in [5.74, 6) is -0.897. The third kappa shape index (κ3) is 2.70. The molecular formula is C18H16FNO5S. The molecule has 2 aromatic carbocycles. The van der Waals surface area contributed by atoms with Crippen LogP contribution in [0.3, 0.4) is 0 Å². The first-order valence-electron chi connectivity index (χ1n) is 8.10. The molecule has 0 aromatic heterocycles. The lowest BCUT2D eigenvalue weighted by molar-refractivity contribution is 0.0692. The van der Waals surface area contributed by atoms with Crippen LogP contribution in [0.2, 0.25) is 0 Å². The molecule has 26 heavy (non-hydrogen) atoms. The summed E-state index contributed by atoms with van der Waals surface area (Å²) in [6, 6.07) is 6.46. The Kier molecular flexibility index (Phi) is 3.69. The Morgan fingerprint density at radius 3 is 2.77 bits per heavy atom. The summed E-state index contributed by atoms with van der Waals surface area (Å²) in [6.45, 7) is 1.91. The first-order chi connectivity index (χ1) is 12.3. The number of carboxylic acid groups (broad SMARTS) is 1. The molecule has 0 saturated heterocycles. The predicted molar refractivity (Wildman–Crippen MR) is 91.7 cm³/mol. The maximum absolute atomic E-state index is 13.3. The van der Waals surface area contributed by atoms with Crippen LogP contribution in [0.4, 0.5) is 10.1 Å². The van der Waals surface area contributed by atoms with Crippen LogP contribution >= 0.6 is 0 Å². The van der Waals surface area contributed by atoms with Crippen LogP contribution in [-0.4, -0.2) is 26.1 Å². The summed E-state index contributed by atoms with van der Waals surface area (Å²) in [5.41, 5.74) is 0.763. The van der Waals surface area contributed by atoms with Gasteiger partial charge in [-0.3, -0.25) is 4.72 Å². The van der Waals surface area contributed by atoms with Crippen LogP contribution in [0, 0.1) is 18.7 Å². The molecule has 8 heteroatoms. The largest absolute Gasteiger partial charge is 0.492 e. The highest BCUT2D eigenvalue weighted by Gasteiger charge is 2.45. The van der Waals surface area contributed by atoms with Gasteiger partial charge in [-0.1, -0.05) is 6.07 Å². The van der Waals surface area contributed by atoms with Gasteiger partial charge in [-0.05, 0) is 54.7 Å². The van der Waals surface area contributed by atoms with E-state index >= 15 is 0 Å². The van der Waals surface area contributed by atoms with Gasteiger partial charge in [0, 0.05) is 5.92 Å². The first-order valence-corrected chi connectivity index (χ1v) is 9.58. The van der Waals surface area contributed by atoms with E-state index in [1.807, 2.05) is 0 Å². The SMILES string of the molecule is Cc1cc(F)ccc1S(=O)(=O)Nc1ccc2c(c1C(=O)O)OC[C@@H]1C[C@H]21. The zero-order valence-electron chi connectivity index (χ0n) is 13.8. The Morgan fingerprint density at radius 1 is 1.31 bits per heavy atom. The lowest BCUT2D eigenvalue weighted by atomic mass is 10.0. The van der Waals surface area contributed by atoms with E-state index in [1.54, 1.807) is 6.07 Å². The molecule has 0 radical (unpaired) electrons. The number of aryl methyl sites for hydroxylation is 1. The molecule has 1 fully saturated rings. The highest BCUT2D eigenvalue weighted by atomic mass is 32.2. The molecule has 0 bridgehead atoms. The second kappa shape index (κ2) is 5.70. The molecule has 4 rings (SSSR count). The van der Waals surface area contributed by atoms with Crippen LogP contribution in [0.15, 0.2) is 35.2 Å². The molecule has 2 aliphatic rings. The van der Waals surface area contributed by atoms with Crippen molar-refractivity contribution in [2.24, 2.45) is 5.92 Å². The number of aromatic carboxylic acids is 1. The first kappa shape index (κ1) is 16.8. The molecule has 2 aromatic rings. The van der Waals surface area contributed by atoms with E-state index in [4.69, 9.17) is 4.74 Å². The molecule has 1 saturated carbocycles. The standard InChI is InChI=1S/C18H16FNO5S/c1-9-6-11(19)2-5-15(9)26(23,24)20-14-4-3-12-13-7-10(13)8-25-17(12)16(14)18(21)22/h2-6,10,13,20H,7-8H2,1H3,(H,21,22)/t10-,13-/m0/s1. The van der Waals surface area contributed by atoms with Crippen LogP contribution in [0.5, 0.6) is 5.75 Å². The fourth-order valence-corrected chi connectivity index (χ4v) is 4.76. The summed E-state index contributed by atoms with van der Waals surface area (Å²) >= 11 is 0. The molecule has 0 unspecified atom stereocenters. The molecule has 0 spiro atoms. The van der Waals surface area contributed by atoms with Crippen molar-refractivity contribution in [3.05, 3.63) is 52.8 Å². The molecular weight excluding hydrogens is 361 g/mol. The molecule has 6 nitrogen and oxygen atoms in total. The van der Waals surface area contributed by atoms with Gasteiger partial charge < -0.3 is 9.84 Å². The Hall–Kier alpha value is -2.61. The number of rotatable bonds is 4. The minimum absolute atomic E-state index is 0.0703. The van der Waals surface area contributed by atoms with Gasteiger partial charge in [0.1, 0.15) is 17.1 Å². The monoisotopic (exact) mass is 377 g/mol. The van der Waals surface area contributed by atoms with E-state index in [-0.39, 0.29) is 33.4 Å². The lowest BCUT2D eigenvalue weighted by Gasteiger charge is -2.21. The Balaban J connectivity index is 1.77. The van der Waals surface area contributed by atoms with Gasteiger partial charge in [0.2, 0.25) is 0 Å². The fourth-order valence-electron chi connectivity index (χ4n) is 3.46. The quantitative estimate of drug-likeness (QED) is 0.854. The number of sulfonamides is 1. The van der Waals surface area contributed by atoms with Crippen molar-refractivity contribution in [3.8, 4) is 5.75 Å². The molecule has 2 atom stereocenters. The van der Waals surface area contributed by atoms with Crippen LogP contribution < -0.4 is 9.46 Å². The summed E-state index contributed by atoms with van der Waals surface area (Å²) in [4.78, 5) is 11.7. The third-order valence-corrected chi connectivity index (χ3v) is 6.36. The van der Waals surface area contributed by atoms with Crippen molar-refractivity contribution < 1.29 is 27.4 Å². The number of carbonyl (C=O) groups is 1. The summed E-state index contributed by atoms with van der Waals surface area (Å²) in [7, 11) is -4.08. The topological polar surface area (TPSA) is 92.7 Å². The number of fused-ring (bicyclic) bond motifs is 3. The molecule has 1 aliphatic carbocycles. The van der Waals surface area contributed by atoms with Crippen molar-refractivity contribution >= 4 is 21.7 Å². The smallest absolute Gasteiger partial charge is 0.341 e. The summed E-state index contributed by atoms with van der Waals surface area (Å²) in [5, 5.41) is 9.62. The normalized spacial score (nSPS) is 20.5. The van der Waals surface area contributed by atoms with E-state index in [0.29, 0.717) is 12.5 Å². The number of anilines is 1. The van der Waals surface area contributed by atoms with Crippen molar-refractivity contribution in [1.29, 1.82) is 0 Å². The number of hydrogen-bond acceptors (Lipinski definition) is 4. The summed E-state index contributed by atoms with van der Waals surface area (Å²) in [6.07, 6.45) is 0.950. The number of nitrogens with one attached hydrogen (secondary N) is 1. The highest BCUT2D eigenvalue weighted by molar-refractivity contribution is 7.92. The lowest BCUT2D eigenvalue weighted by Crippen LogP contribution is -2.19. The van der Waals surface area contributed by atoms with Crippen molar-refractivity contribution in [2.45, 2.75) is 24.2 Å². The maximum Gasteiger partial charge on any atom is 0.341 e. The van der Waals surface area contributed by atoms with E-state index in [9.17, 15) is 22.7 Å². The Labute approximate surface area is 149 Å². The Morgan fingerprint density at radius 2 is 2.08 bits per heavy atom. The molecule has 1 aliphatic heterocycles.